The number of aromatic nitrogens is 1. The summed E-state index contributed by atoms with van der Waals surface area (Å²) in [5.41, 5.74) is 2.65. The summed E-state index contributed by atoms with van der Waals surface area (Å²) >= 11 is 0. The van der Waals surface area contributed by atoms with Gasteiger partial charge in [0.1, 0.15) is 0 Å². The average Bonchev–Trinajstić information content (AvgIpc) is 2.55. The number of para-hydroxylation sites is 1. The molecule has 0 saturated carbocycles. The number of fused-ring (bicyclic) bond motifs is 1. The van der Waals surface area contributed by atoms with Crippen LogP contribution in [0.2, 0.25) is 0 Å². The summed E-state index contributed by atoms with van der Waals surface area (Å²) < 4.78 is 1.45. The van der Waals surface area contributed by atoms with E-state index in [0.717, 1.165) is 18.5 Å². The Morgan fingerprint density at radius 2 is 1.91 bits per heavy atom. The predicted molar refractivity (Wildman–Crippen MR) is 91.9 cm³/mol. The second-order valence-corrected chi connectivity index (χ2v) is 6.52. The molecule has 4 nitrogen and oxygen atoms in total. The first-order valence-electron chi connectivity index (χ1n) is 8.07. The number of hydrogen-bond acceptors (Lipinski definition) is 2. The van der Waals surface area contributed by atoms with Crippen LogP contribution in [-0.4, -0.2) is 16.5 Å². The van der Waals surface area contributed by atoms with Crippen molar-refractivity contribution in [3.63, 3.8) is 0 Å². The van der Waals surface area contributed by atoms with E-state index in [9.17, 15) is 9.59 Å². The van der Waals surface area contributed by atoms with E-state index in [0.29, 0.717) is 11.5 Å². The fraction of sp³-hybridized carbons (Fsp3) is 0.368. The van der Waals surface area contributed by atoms with Crippen molar-refractivity contribution in [1.29, 1.82) is 0 Å². The Hall–Kier alpha value is -2.36. The largest absolute Gasteiger partial charge is 0.318 e. The van der Waals surface area contributed by atoms with E-state index in [1.165, 1.54) is 16.2 Å². The molecule has 0 saturated heterocycles. The number of benzene rings is 1. The second kappa shape index (κ2) is 6.03. The third-order valence-electron chi connectivity index (χ3n) is 4.61. The molecule has 1 amide bonds. The van der Waals surface area contributed by atoms with Gasteiger partial charge in [-0.2, -0.15) is 0 Å². The summed E-state index contributed by atoms with van der Waals surface area (Å²) in [6.45, 7) is 4.30. The Labute approximate surface area is 136 Å². The van der Waals surface area contributed by atoms with Crippen molar-refractivity contribution in [2.45, 2.75) is 32.7 Å². The van der Waals surface area contributed by atoms with Crippen molar-refractivity contribution in [1.82, 2.24) is 4.57 Å². The zero-order chi connectivity index (χ0) is 16.6. The van der Waals surface area contributed by atoms with Crippen LogP contribution in [0.4, 0.5) is 5.69 Å². The summed E-state index contributed by atoms with van der Waals surface area (Å²) in [4.78, 5) is 26.7. The molecule has 2 aromatic rings. The van der Waals surface area contributed by atoms with Crippen molar-refractivity contribution >= 4 is 11.6 Å². The quantitative estimate of drug-likeness (QED) is 0.856. The zero-order valence-electron chi connectivity index (χ0n) is 13.8. The van der Waals surface area contributed by atoms with Crippen LogP contribution < -0.4 is 10.5 Å². The molecular weight excluding hydrogens is 288 g/mol. The maximum atomic E-state index is 13.2. The highest BCUT2D eigenvalue weighted by Crippen LogP contribution is 2.34. The summed E-state index contributed by atoms with van der Waals surface area (Å²) in [5.74, 6) is 0.339. The number of anilines is 1. The van der Waals surface area contributed by atoms with Crippen LogP contribution in [0.25, 0.3) is 0 Å². The normalized spacial score (nSPS) is 17.2. The number of carbonyl (C=O) groups is 1. The summed E-state index contributed by atoms with van der Waals surface area (Å²) in [6.07, 6.45) is 3.58. The first kappa shape index (κ1) is 15.5. The third kappa shape index (κ3) is 2.81. The minimum absolute atomic E-state index is 0.0357. The van der Waals surface area contributed by atoms with Gasteiger partial charge in [-0.3, -0.25) is 9.59 Å². The van der Waals surface area contributed by atoms with E-state index in [-0.39, 0.29) is 17.5 Å². The second-order valence-electron chi connectivity index (χ2n) is 6.52. The van der Waals surface area contributed by atoms with Gasteiger partial charge in [-0.05, 0) is 36.5 Å². The number of rotatable bonds is 2. The fourth-order valence-corrected chi connectivity index (χ4v) is 3.32. The molecule has 0 fully saturated rings. The topological polar surface area (TPSA) is 42.3 Å². The van der Waals surface area contributed by atoms with Gasteiger partial charge in [0.05, 0.1) is 5.56 Å². The molecular formula is C19H22N2O2. The number of hydrogen-bond donors (Lipinski definition) is 0. The lowest BCUT2D eigenvalue weighted by molar-refractivity contribution is 0.0964. The van der Waals surface area contributed by atoms with E-state index < -0.39 is 0 Å². The molecule has 23 heavy (non-hydrogen) atoms. The fourth-order valence-electron chi connectivity index (χ4n) is 3.32. The van der Waals surface area contributed by atoms with Gasteiger partial charge >= 0.3 is 0 Å². The lowest BCUT2D eigenvalue weighted by Gasteiger charge is -2.39. The van der Waals surface area contributed by atoms with Crippen LogP contribution >= 0.6 is 0 Å². The predicted octanol–water partition coefficient (Wildman–Crippen LogP) is 3.00. The molecule has 0 radical (unpaired) electrons. The molecule has 1 atom stereocenters. The molecule has 0 unspecified atom stereocenters. The zero-order valence-corrected chi connectivity index (χ0v) is 13.8. The molecule has 120 valence electrons. The van der Waals surface area contributed by atoms with Gasteiger partial charge in [0.2, 0.25) is 5.56 Å². The first-order valence-corrected chi connectivity index (χ1v) is 8.07. The van der Waals surface area contributed by atoms with E-state index in [4.69, 9.17) is 0 Å². The molecule has 1 aromatic heterocycles. The van der Waals surface area contributed by atoms with Crippen molar-refractivity contribution in [2.75, 3.05) is 4.90 Å². The Morgan fingerprint density at radius 1 is 1.17 bits per heavy atom. The molecule has 1 aliphatic heterocycles. The highest BCUT2D eigenvalue weighted by atomic mass is 16.2. The first-order chi connectivity index (χ1) is 11.0. The van der Waals surface area contributed by atoms with Crippen LogP contribution in [0.1, 0.15) is 36.2 Å². The number of pyridine rings is 1. The maximum absolute atomic E-state index is 13.2. The third-order valence-corrected chi connectivity index (χ3v) is 4.61. The van der Waals surface area contributed by atoms with Crippen LogP contribution in [0, 0.1) is 5.92 Å². The smallest absolute Gasteiger partial charge is 0.260 e. The van der Waals surface area contributed by atoms with Gasteiger partial charge < -0.3 is 9.47 Å². The van der Waals surface area contributed by atoms with Crippen LogP contribution in [-0.2, 0) is 13.5 Å². The SMILES string of the molecule is CC(C)[C@@H]1CCc2ccccc2N1C(=O)c1ccc(=O)n(C)c1. The number of nitrogens with zero attached hydrogens (tertiary/aromatic N) is 2. The number of amides is 1. The van der Waals surface area contributed by atoms with Gasteiger partial charge in [-0.1, -0.05) is 32.0 Å². The average molecular weight is 310 g/mol. The van der Waals surface area contributed by atoms with Crippen molar-refractivity contribution < 1.29 is 4.79 Å². The van der Waals surface area contributed by atoms with E-state index in [1.54, 1.807) is 19.3 Å². The standard InChI is InChI=1S/C19H22N2O2/c1-13(2)16-10-8-14-6-4-5-7-17(14)21(16)19(23)15-9-11-18(22)20(3)12-15/h4-7,9,11-13,16H,8,10H2,1-3H3/t16-/m0/s1. The molecule has 1 aromatic carbocycles. The molecule has 4 heteroatoms. The van der Waals surface area contributed by atoms with Gasteiger partial charge in [0.15, 0.2) is 0 Å². The van der Waals surface area contributed by atoms with Crippen molar-refractivity contribution in [3.8, 4) is 0 Å². The Balaban J connectivity index is 2.07. The molecule has 0 aliphatic carbocycles. The van der Waals surface area contributed by atoms with E-state index >= 15 is 0 Å². The summed E-state index contributed by atoms with van der Waals surface area (Å²) in [7, 11) is 1.67. The molecule has 0 spiro atoms. The monoisotopic (exact) mass is 310 g/mol. The van der Waals surface area contributed by atoms with Crippen LogP contribution in [0.15, 0.2) is 47.4 Å². The van der Waals surface area contributed by atoms with Crippen molar-refractivity contribution in [2.24, 2.45) is 13.0 Å². The van der Waals surface area contributed by atoms with Gasteiger partial charge in [-0.25, -0.2) is 0 Å². The Morgan fingerprint density at radius 3 is 2.61 bits per heavy atom. The summed E-state index contributed by atoms with van der Waals surface area (Å²) in [6, 6.07) is 11.4. The summed E-state index contributed by atoms with van der Waals surface area (Å²) in [5, 5.41) is 0. The maximum Gasteiger partial charge on any atom is 0.260 e. The Bertz CT molecular complexity index is 792. The highest BCUT2D eigenvalue weighted by molar-refractivity contribution is 6.07. The Kier molecular flexibility index (Phi) is 4.07. The number of aryl methyl sites for hydroxylation is 2. The minimum Gasteiger partial charge on any atom is -0.318 e. The lowest BCUT2D eigenvalue weighted by Crippen LogP contribution is -2.46. The molecule has 0 N–H and O–H groups in total. The highest BCUT2D eigenvalue weighted by Gasteiger charge is 2.33. The molecule has 2 heterocycles. The van der Waals surface area contributed by atoms with Crippen LogP contribution in [0.5, 0.6) is 0 Å². The van der Waals surface area contributed by atoms with E-state index in [2.05, 4.69) is 19.9 Å². The van der Waals surface area contributed by atoms with Crippen LogP contribution in [0.3, 0.4) is 0 Å². The molecule has 0 bridgehead atoms. The molecule has 3 rings (SSSR count). The van der Waals surface area contributed by atoms with Gasteiger partial charge in [0, 0.05) is 31.0 Å². The van der Waals surface area contributed by atoms with Gasteiger partial charge in [0.25, 0.3) is 5.91 Å². The van der Waals surface area contributed by atoms with Crippen molar-refractivity contribution in [3.05, 3.63) is 64.1 Å². The van der Waals surface area contributed by atoms with E-state index in [1.807, 2.05) is 23.1 Å². The number of carbonyl (C=O) groups excluding carboxylic acids is 1. The lowest BCUT2D eigenvalue weighted by atomic mass is 9.89. The molecule has 1 aliphatic rings. The minimum atomic E-state index is -0.110. The van der Waals surface area contributed by atoms with Gasteiger partial charge in [-0.15, -0.1) is 0 Å².